The number of anilines is 2. The molecule has 15 nitrogen and oxygen atoms in total. The number of ether oxygens (including phenoxy) is 3. The van der Waals surface area contributed by atoms with E-state index >= 15 is 0 Å². The zero-order chi connectivity index (χ0) is 46.2. The average Bonchev–Trinajstić information content (AvgIpc) is 3.94. The Morgan fingerprint density at radius 1 is 0.631 bits per heavy atom. The van der Waals surface area contributed by atoms with Crippen molar-refractivity contribution in [1.82, 2.24) is 39.0 Å². The molecule has 0 fully saturated rings. The van der Waals surface area contributed by atoms with Gasteiger partial charge in [-0.3, -0.25) is 9.78 Å². The first-order chi connectivity index (χ1) is 31.7. The van der Waals surface area contributed by atoms with Gasteiger partial charge in [-0.05, 0) is 47.8 Å². The topological polar surface area (TPSA) is 207 Å². The number of fused-ring (bicyclic) bond motifs is 2. The van der Waals surface area contributed by atoms with E-state index in [0.717, 1.165) is 50.7 Å². The molecule has 0 bridgehead atoms. The number of aliphatic hydroxyl groups excluding tert-OH is 1. The van der Waals surface area contributed by atoms with Crippen molar-refractivity contribution in [3.8, 4) is 0 Å². The number of hydrogen-bond donors (Lipinski definition) is 4. The minimum absolute atomic E-state index is 0.0134. The summed E-state index contributed by atoms with van der Waals surface area (Å²) in [7, 11) is 0. The van der Waals surface area contributed by atoms with Crippen molar-refractivity contribution in [2.24, 2.45) is 17.8 Å². The third kappa shape index (κ3) is 16.7. The van der Waals surface area contributed by atoms with Crippen molar-refractivity contribution in [2.45, 2.75) is 92.2 Å². The van der Waals surface area contributed by atoms with Crippen LogP contribution >= 0.6 is 11.6 Å². The van der Waals surface area contributed by atoms with Crippen LogP contribution in [0.5, 0.6) is 0 Å². The average molecular weight is 910 g/mol. The van der Waals surface area contributed by atoms with Crippen molar-refractivity contribution in [1.29, 1.82) is 0 Å². The third-order valence-electron chi connectivity index (χ3n) is 11.0. The van der Waals surface area contributed by atoms with Crippen LogP contribution in [-0.4, -0.2) is 70.6 Å². The first kappa shape index (κ1) is 50.3. The number of imidazole rings is 2. The summed E-state index contributed by atoms with van der Waals surface area (Å²) in [6.45, 7) is 12.0. The highest BCUT2D eigenvalue weighted by atomic mass is 35.5. The molecule has 3 aromatic carbocycles. The second-order valence-electron chi connectivity index (χ2n) is 16.0. The molecular weight excluding hydrogens is 844 g/mol. The quantitative estimate of drug-likeness (QED) is 0.0445. The van der Waals surface area contributed by atoms with Gasteiger partial charge >= 0.3 is 0 Å². The molecule has 6 N–H and O–H groups in total. The number of aliphatic hydroxyl groups is 1. The molecule has 0 aliphatic rings. The number of aryl methyl sites for hydroxylation is 2. The van der Waals surface area contributed by atoms with E-state index in [9.17, 15) is 9.90 Å². The van der Waals surface area contributed by atoms with Gasteiger partial charge < -0.3 is 39.9 Å². The summed E-state index contributed by atoms with van der Waals surface area (Å²) in [5.41, 5.74) is 16.5. The molecule has 3 atom stereocenters. The van der Waals surface area contributed by atoms with Gasteiger partial charge in [0.05, 0.1) is 39.1 Å². The van der Waals surface area contributed by atoms with Gasteiger partial charge in [0, 0.05) is 38.8 Å². The highest BCUT2D eigenvalue weighted by Gasteiger charge is 2.15. The monoisotopic (exact) mass is 908 g/mol. The van der Waals surface area contributed by atoms with Crippen LogP contribution < -0.4 is 17.0 Å². The van der Waals surface area contributed by atoms with Gasteiger partial charge in [-0.25, -0.2) is 9.97 Å². The lowest BCUT2D eigenvalue weighted by Crippen LogP contribution is -2.17. The molecule has 4 heterocycles. The van der Waals surface area contributed by atoms with Crippen molar-refractivity contribution < 1.29 is 19.3 Å². The van der Waals surface area contributed by atoms with E-state index in [4.69, 9.17) is 37.3 Å². The fourth-order valence-electron chi connectivity index (χ4n) is 7.07. The maximum absolute atomic E-state index is 11.8. The van der Waals surface area contributed by atoms with Gasteiger partial charge in [-0.1, -0.05) is 143 Å². The van der Waals surface area contributed by atoms with E-state index in [0.29, 0.717) is 60.7 Å². The molecule has 4 aromatic heterocycles. The smallest absolute Gasteiger partial charge is 0.280 e. The van der Waals surface area contributed by atoms with Crippen LogP contribution in [0.3, 0.4) is 0 Å². The molecule has 0 aliphatic carbocycles. The van der Waals surface area contributed by atoms with Gasteiger partial charge in [0.15, 0.2) is 22.0 Å². The zero-order valence-electron chi connectivity index (χ0n) is 37.9. The third-order valence-corrected chi connectivity index (χ3v) is 11.3. The number of H-pyrrole nitrogens is 1. The second kappa shape index (κ2) is 27.6. The lowest BCUT2D eigenvalue weighted by Gasteiger charge is -2.15. The van der Waals surface area contributed by atoms with Crippen LogP contribution in [0.2, 0.25) is 5.15 Å². The fourth-order valence-corrected chi connectivity index (χ4v) is 7.29. The van der Waals surface area contributed by atoms with Gasteiger partial charge in [-0.15, -0.1) is 0 Å². The SMILES string of the molecule is CCC[C@H](CC)COCc1ccccc1.CC[C@@H](CCn1cnc2c(Cl)nc(N)nc21)COCc1ccccc1.Nc1nc2c(ncn2CC[C@H](CO)COCc2ccccc2)c(=O)[nH]1. The Morgan fingerprint density at radius 3 is 1.55 bits per heavy atom. The Morgan fingerprint density at radius 2 is 1.08 bits per heavy atom. The number of nitrogen functional groups attached to an aromatic ring is 2. The van der Waals surface area contributed by atoms with Crippen molar-refractivity contribution in [3.63, 3.8) is 0 Å². The van der Waals surface area contributed by atoms with Crippen LogP contribution in [0.15, 0.2) is 108 Å². The van der Waals surface area contributed by atoms with Crippen LogP contribution in [0.25, 0.3) is 22.3 Å². The Kier molecular flexibility index (Phi) is 21.3. The fraction of sp³-hybridized carbons (Fsp3) is 0.429. The maximum Gasteiger partial charge on any atom is 0.280 e. The zero-order valence-corrected chi connectivity index (χ0v) is 38.7. The molecule has 0 saturated heterocycles. The van der Waals surface area contributed by atoms with E-state index in [1.165, 1.54) is 30.4 Å². The lowest BCUT2D eigenvalue weighted by molar-refractivity contribution is 0.0580. The summed E-state index contributed by atoms with van der Waals surface area (Å²) in [6, 6.07) is 30.5. The molecule has 348 valence electrons. The maximum atomic E-state index is 11.8. The molecule has 65 heavy (non-hydrogen) atoms. The minimum Gasteiger partial charge on any atom is -0.396 e. The number of halogens is 1. The number of aromatic amines is 1. The number of hydrogen-bond acceptors (Lipinski definition) is 12. The minimum atomic E-state index is -0.355. The van der Waals surface area contributed by atoms with Gasteiger partial charge in [0.25, 0.3) is 5.56 Å². The van der Waals surface area contributed by atoms with E-state index in [1.807, 2.05) is 59.2 Å². The molecule has 7 rings (SSSR count). The molecule has 0 spiro atoms. The van der Waals surface area contributed by atoms with Crippen LogP contribution in [0.4, 0.5) is 11.9 Å². The number of nitrogens with one attached hydrogen (secondary N) is 1. The molecule has 0 radical (unpaired) electrons. The van der Waals surface area contributed by atoms with E-state index < -0.39 is 0 Å². The summed E-state index contributed by atoms with van der Waals surface area (Å²) in [5, 5.41) is 9.85. The first-order valence-corrected chi connectivity index (χ1v) is 22.9. The molecule has 0 amide bonds. The van der Waals surface area contributed by atoms with Gasteiger partial charge in [0.1, 0.15) is 5.52 Å². The largest absolute Gasteiger partial charge is 0.396 e. The normalized spacial score (nSPS) is 12.6. The summed E-state index contributed by atoms with van der Waals surface area (Å²) < 4.78 is 21.0. The summed E-state index contributed by atoms with van der Waals surface area (Å²) >= 11 is 6.07. The van der Waals surface area contributed by atoms with E-state index in [1.54, 1.807) is 17.2 Å². The van der Waals surface area contributed by atoms with Crippen LogP contribution in [-0.2, 0) is 47.1 Å². The highest BCUT2D eigenvalue weighted by molar-refractivity contribution is 6.33. The van der Waals surface area contributed by atoms with E-state index in [-0.39, 0.29) is 35.5 Å². The van der Waals surface area contributed by atoms with E-state index in [2.05, 4.69) is 87.1 Å². The van der Waals surface area contributed by atoms with Crippen molar-refractivity contribution >= 4 is 45.8 Å². The second-order valence-corrected chi connectivity index (χ2v) is 16.4. The number of benzene rings is 3. The predicted molar refractivity (Wildman–Crippen MR) is 258 cm³/mol. The molecule has 16 heteroatoms. The molecule has 0 unspecified atom stereocenters. The van der Waals surface area contributed by atoms with Gasteiger partial charge in [0.2, 0.25) is 11.9 Å². The Bertz CT molecular complexity index is 2450. The van der Waals surface area contributed by atoms with Crippen LogP contribution in [0, 0.1) is 17.8 Å². The molecular formula is C49H65ClN10O5. The summed E-state index contributed by atoms with van der Waals surface area (Å²) in [6.07, 6.45) is 9.76. The number of nitrogens with zero attached hydrogens (tertiary/aromatic N) is 7. The summed E-state index contributed by atoms with van der Waals surface area (Å²) in [5.74, 6) is 1.41. The lowest BCUT2D eigenvalue weighted by atomic mass is 10.0. The predicted octanol–water partition coefficient (Wildman–Crippen LogP) is 8.64. The highest BCUT2D eigenvalue weighted by Crippen LogP contribution is 2.21. The Balaban J connectivity index is 0.000000190. The number of aromatic nitrogens is 8. The van der Waals surface area contributed by atoms with Crippen molar-refractivity contribution in [2.75, 3.05) is 37.9 Å². The molecule has 0 aliphatic heterocycles. The Labute approximate surface area is 386 Å². The number of nitrogens with two attached hydrogens (primary N) is 2. The van der Waals surface area contributed by atoms with Crippen LogP contribution in [0.1, 0.15) is 76.0 Å². The van der Waals surface area contributed by atoms with Gasteiger partial charge in [-0.2, -0.15) is 15.0 Å². The first-order valence-electron chi connectivity index (χ1n) is 22.5. The molecule has 0 saturated carbocycles. The molecule has 7 aromatic rings. The summed E-state index contributed by atoms with van der Waals surface area (Å²) in [4.78, 5) is 34.9. The van der Waals surface area contributed by atoms with Crippen molar-refractivity contribution in [3.05, 3.63) is 136 Å². The Hall–Kier alpha value is -5.71. The number of rotatable bonds is 23. The standard InChI is InChI=1S/C18H22ClN5O.C17H21N5O3.C14H22O/c1-2-13(10-25-11-14-6-4-3-5-7-14)8-9-24-12-21-15-16(19)22-18(20)23-17(15)24;18-17-20-15-14(16(24)21-17)19-11-22(15)7-6-13(8-23)10-25-9-12-4-2-1-3-5-12;1-3-8-13(4-2)11-15-12-14-9-6-5-7-10-14/h3-7,12-13H,2,8-11H2,1H3,(H2,20,22,23);1-5,11,13,23H,6-10H2,(H3,18,20,21,24);5-7,9-10,13H,3-4,8,11-12H2,1-2H3/t3*13-/m010/s1.